The first-order valence-electron chi connectivity index (χ1n) is 14.6. The highest BCUT2D eigenvalue weighted by molar-refractivity contribution is 7.90. The third-order valence-electron chi connectivity index (χ3n) is 7.21. The van der Waals surface area contributed by atoms with Crippen molar-refractivity contribution in [3.8, 4) is 16.9 Å². The van der Waals surface area contributed by atoms with Crippen LogP contribution >= 0.6 is 0 Å². The van der Waals surface area contributed by atoms with Gasteiger partial charge in [0.2, 0.25) is 11.2 Å². The van der Waals surface area contributed by atoms with Crippen LogP contribution in [0.4, 0.5) is 13.2 Å². The van der Waals surface area contributed by atoms with Crippen molar-refractivity contribution >= 4 is 21.9 Å². The lowest BCUT2D eigenvalue weighted by Crippen LogP contribution is -2.44. The van der Waals surface area contributed by atoms with Crippen LogP contribution in [0.1, 0.15) is 51.8 Å². The van der Waals surface area contributed by atoms with E-state index in [-0.39, 0.29) is 47.2 Å². The summed E-state index contributed by atoms with van der Waals surface area (Å²) in [4.78, 5) is 29.6. The number of carbonyl (C=O) groups excluding carboxylic acids is 2. The largest absolute Gasteiger partial charge is 0.569 e. The monoisotopic (exact) mass is 680 g/mol. The predicted molar refractivity (Wildman–Crippen MR) is 161 cm³/mol. The van der Waals surface area contributed by atoms with E-state index < -0.39 is 51.4 Å². The molecule has 2 heterocycles. The third kappa shape index (κ3) is 8.78. The second-order valence-corrected chi connectivity index (χ2v) is 13.7. The third-order valence-corrected chi connectivity index (χ3v) is 8.57. The normalized spacial score (nSPS) is 15.7. The number of alkyl halides is 3. The number of hydrazine groups is 1. The number of esters is 1. The summed E-state index contributed by atoms with van der Waals surface area (Å²) in [7, 11) is -4.34. The predicted octanol–water partition coefficient (Wildman–Crippen LogP) is 5.13. The molecule has 0 aliphatic carbocycles. The second kappa shape index (κ2) is 13.6. The molecule has 3 aromatic rings. The number of aromatic nitrogens is 2. The summed E-state index contributed by atoms with van der Waals surface area (Å²) in [6.45, 7) is 8.33. The number of halogens is 3. The van der Waals surface area contributed by atoms with Crippen LogP contribution in [0.15, 0.2) is 64.8 Å². The lowest BCUT2D eigenvalue weighted by atomic mass is 9.97. The molecule has 1 aliphatic rings. The van der Waals surface area contributed by atoms with Gasteiger partial charge in [-0.1, -0.05) is 29.8 Å². The van der Waals surface area contributed by atoms with Crippen LogP contribution in [-0.4, -0.2) is 59.4 Å². The van der Waals surface area contributed by atoms with Crippen LogP contribution in [0.25, 0.3) is 16.9 Å². The highest BCUT2D eigenvalue weighted by atomic mass is 32.2. The van der Waals surface area contributed by atoms with Gasteiger partial charge in [-0.3, -0.25) is 14.4 Å². The zero-order chi connectivity index (χ0) is 34.7. The van der Waals surface area contributed by atoms with Crippen molar-refractivity contribution in [3.63, 3.8) is 0 Å². The van der Waals surface area contributed by atoms with Gasteiger partial charge < -0.3 is 9.94 Å². The van der Waals surface area contributed by atoms with Gasteiger partial charge >= 0.3 is 12.1 Å². The molecule has 13 nitrogen and oxygen atoms in total. The lowest BCUT2D eigenvalue weighted by Gasteiger charge is -2.27. The molecule has 1 aromatic heterocycles. The van der Waals surface area contributed by atoms with E-state index >= 15 is 0 Å². The van der Waals surface area contributed by atoms with Crippen LogP contribution in [0.5, 0.6) is 0 Å². The van der Waals surface area contributed by atoms with Crippen molar-refractivity contribution in [2.45, 2.75) is 64.8 Å². The van der Waals surface area contributed by atoms with Crippen LogP contribution in [0.3, 0.4) is 0 Å². The van der Waals surface area contributed by atoms with Gasteiger partial charge in [-0.2, -0.15) is 18.3 Å². The molecule has 0 saturated carbocycles. The summed E-state index contributed by atoms with van der Waals surface area (Å²) in [5.74, 6) is -2.05. The first-order chi connectivity index (χ1) is 21.8. The average molecular weight is 681 g/mol. The maximum atomic E-state index is 13.5. The topological polar surface area (TPSA) is 158 Å². The van der Waals surface area contributed by atoms with Gasteiger partial charge in [0.1, 0.15) is 0 Å². The van der Waals surface area contributed by atoms with Crippen LogP contribution in [0.2, 0.25) is 0 Å². The molecule has 1 unspecified atom stereocenters. The zero-order valence-corrected chi connectivity index (χ0v) is 27.1. The van der Waals surface area contributed by atoms with Gasteiger partial charge in [-0.05, 0) is 70.9 Å². The van der Waals surface area contributed by atoms with E-state index in [0.29, 0.717) is 5.56 Å². The number of carbonyl (C=O) groups is 2. The minimum absolute atomic E-state index is 0.0620. The molecular weight excluding hydrogens is 645 g/mol. The Morgan fingerprint density at radius 2 is 1.66 bits per heavy atom. The highest BCUT2D eigenvalue weighted by Crippen LogP contribution is 2.33. The number of ether oxygens (including phenoxy) is 1. The van der Waals surface area contributed by atoms with Gasteiger partial charge in [0.05, 0.1) is 39.8 Å². The Hall–Kier alpha value is -4.67. The van der Waals surface area contributed by atoms with Gasteiger partial charge in [0.15, 0.2) is 5.69 Å². The maximum absolute atomic E-state index is 13.5. The summed E-state index contributed by atoms with van der Waals surface area (Å²) >= 11 is 0. The summed E-state index contributed by atoms with van der Waals surface area (Å²) < 4.78 is 74.8. The number of nitrogens with zero attached hydrogens (tertiary/aromatic N) is 5. The summed E-state index contributed by atoms with van der Waals surface area (Å²) in [6, 6.07) is 12.6. The molecule has 0 spiro atoms. The van der Waals surface area contributed by atoms with Gasteiger partial charge in [0, 0.05) is 18.4 Å². The lowest BCUT2D eigenvalue weighted by molar-refractivity contribution is -0.715. The molecule has 0 radical (unpaired) electrons. The van der Waals surface area contributed by atoms with Gasteiger partial charge in [0.25, 0.3) is 16.3 Å². The molecule has 0 bridgehead atoms. The molecule has 1 aliphatic heterocycles. The van der Waals surface area contributed by atoms with Crippen molar-refractivity contribution in [3.05, 3.63) is 71.1 Å². The SMILES string of the molecule is Cc1ccc(-c2cc(C(F)(F)F)nn2-c2ccc(S(=O)(=O)NC(=O)C3CCN([N+]([O-])=NOC(C)OC(=O)C(C)(C)C)CC3)cc2)cc1. The maximum Gasteiger partial charge on any atom is 0.435 e. The van der Waals surface area contributed by atoms with E-state index in [1.165, 1.54) is 24.1 Å². The number of hydrogen-bond donors (Lipinski definition) is 1. The van der Waals surface area contributed by atoms with Gasteiger partial charge in [-0.25, -0.2) is 17.8 Å². The Balaban J connectivity index is 1.38. The van der Waals surface area contributed by atoms with E-state index in [0.717, 1.165) is 28.4 Å². The standard InChI is InChI=1S/C30H35F3N6O7S/c1-19-6-8-21(9-7-19)25-18-26(30(31,32)33)34-38(25)23-10-12-24(13-11-23)47(43,44)35-27(40)22-14-16-37(17-15-22)39(42)36-46-20(2)45-28(41)29(3,4)5/h6-13,18,20,22H,14-17H2,1-5H3,(H,35,40). The van der Waals surface area contributed by atoms with Crippen molar-refractivity contribution < 1.29 is 45.7 Å². The molecule has 17 heteroatoms. The molecule has 1 atom stereocenters. The number of amides is 1. The summed E-state index contributed by atoms with van der Waals surface area (Å²) in [5.41, 5.74) is -0.163. The fourth-order valence-electron chi connectivity index (χ4n) is 4.49. The fourth-order valence-corrected chi connectivity index (χ4v) is 5.54. The fraction of sp³-hybridized carbons (Fsp3) is 0.433. The van der Waals surface area contributed by atoms with Gasteiger partial charge in [-0.15, -0.1) is 5.01 Å². The number of rotatable bonds is 9. The summed E-state index contributed by atoms with van der Waals surface area (Å²) in [5, 5.41) is 20.7. The second-order valence-electron chi connectivity index (χ2n) is 12.0. The first kappa shape index (κ1) is 35.2. The Kier molecular flexibility index (Phi) is 10.2. The Morgan fingerprint density at radius 3 is 2.21 bits per heavy atom. The number of sulfonamides is 1. The zero-order valence-electron chi connectivity index (χ0n) is 26.3. The van der Waals surface area contributed by atoms with E-state index in [9.17, 15) is 36.4 Å². The number of piperidine rings is 1. The quantitative estimate of drug-likeness (QED) is 0.106. The highest BCUT2D eigenvalue weighted by Gasteiger charge is 2.36. The number of nitrogens with one attached hydrogen (secondary N) is 1. The van der Waals surface area contributed by atoms with E-state index in [1.807, 2.05) is 11.6 Å². The van der Waals surface area contributed by atoms with Crippen LogP contribution in [-0.2, 0) is 35.4 Å². The Morgan fingerprint density at radius 1 is 1.06 bits per heavy atom. The summed E-state index contributed by atoms with van der Waals surface area (Å²) in [6.07, 6.45) is -5.56. The Bertz CT molecular complexity index is 1730. The molecule has 1 saturated heterocycles. The average Bonchev–Trinajstić information content (AvgIpc) is 3.46. The van der Waals surface area contributed by atoms with Crippen molar-refractivity contribution in [2.24, 2.45) is 16.6 Å². The number of hydrogen-bond acceptors (Lipinski definition) is 9. The smallest absolute Gasteiger partial charge is 0.435 e. The van der Waals surface area contributed by atoms with Crippen molar-refractivity contribution in [1.29, 1.82) is 0 Å². The number of aryl methyl sites for hydroxylation is 1. The molecule has 1 N–H and O–H groups in total. The molecule has 4 rings (SSSR count). The molecule has 2 aromatic carbocycles. The van der Waals surface area contributed by atoms with E-state index in [1.54, 1.807) is 45.0 Å². The minimum Gasteiger partial charge on any atom is -0.569 e. The van der Waals surface area contributed by atoms with Crippen molar-refractivity contribution in [1.82, 2.24) is 19.5 Å². The first-order valence-corrected chi connectivity index (χ1v) is 16.0. The van der Waals surface area contributed by atoms with E-state index in [2.05, 4.69) is 10.4 Å². The number of benzene rings is 2. The molecule has 1 amide bonds. The molecule has 1 fully saturated rings. The van der Waals surface area contributed by atoms with Crippen molar-refractivity contribution in [2.75, 3.05) is 13.1 Å². The molecule has 47 heavy (non-hydrogen) atoms. The van der Waals surface area contributed by atoms with E-state index in [4.69, 9.17) is 9.57 Å². The van der Waals surface area contributed by atoms with Crippen LogP contribution in [0, 0.1) is 23.5 Å². The molecule has 254 valence electrons. The molecular formula is C30H35F3N6O7S. The minimum atomic E-state index is -4.70. The Labute approximate surface area is 269 Å². The van der Waals surface area contributed by atoms with Crippen LogP contribution < -0.4 is 4.72 Å².